The number of nitrogens with one attached hydrogen (secondary N) is 1. The Morgan fingerprint density at radius 2 is 1.63 bits per heavy atom. The van der Waals surface area contributed by atoms with E-state index in [1.165, 1.54) is 12.1 Å². The zero-order valence-corrected chi connectivity index (χ0v) is 13.3. The summed E-state index contributed by atoms with van der Waals surface area (Å²) in [5.41, 5.74) is 6.96. The van der Waals surface area contributed by atoms with Crippen molar-refractivity contribution in [2.45, 2.75) is 0 Å². The molecule has 98 valence electrons. The average molecular weight is 407 g/mol. The van der Waals surface area contributed by atoms with Crippen molar-refractivity contribution in [1.82, 2.24) is 0 Å². The summed E-state index contributed by atoms with van der Waals surface area (Å²) < 4.78 is 1.09. The number of carbonyl (C=O) groups excluding carboxylic acids is 1. The number of nitrogens with two attached hydrogens (primary N) is 1. The summed E-state index contributed by atoms with van der Waals surface area (Å²) in [6, 6.07) is 10.4. The van der Waals surface area contributed by atoms with Gasteiger partial charge in [-0.1, -0.05) is 23.2 Å². The first-order valence-corrected chi connectivity index (χ1v) is 7.12. The number of benzene rings is 2. The minimum absolute atomic E-state index is 0.264. The van der Waals surface area contributed by atoms with Crippen LogP contribution < -0.4 is 11.1 Å². The molecule has 0 heterocycles. The number of halogens is 3. The molecule has 3 nitrogen and oxygen atoms in total. The van der Waals surface area contributed by atoms with E-state index < -0.39 is 0 Å². The molecule has 1 amide bonds. The molecule has 0 saturated carbocycles. The molecule has 0 aliphatic rings. The van der Waals surface area contributed by atoms with Gasteiger partial charge in [-0.15, -0.1) is 0 Å². The molecule has 2 aromatic carbocycles. The lowest BCUT2D eigenvalue weighted by molar-refractivity contribution is 0.102. The predicted molar refractivity (Wildman–Crippen MR) is 88.0 cm³/mol. The first-order valence-electron chi connectivity index (χ1n) is 5.29. The molecule has 0 aliphatic carbocycles. The SMILES string of the molecule is Nc1c(Cl)cc(C(=O)Nc2ccc(I)cc2)cc1Cl. The fourth-order valence-electron chi connectivity index (χ4n) is 1.45. The van der Waals surface area contributed by atoms with Crippen LogP contribution in [-0.4, -0.2) is 5.91 Å². The van der Waals surface area contributed by atoms with Gasteiger partial charge in [-0.25, -0.2) is 0 Å². The molecule has 0 unspecified atom stereocenters. The van der Waals surface area contributed by atoms with Gasteiger partial charge in [-0.3, -0.25) is 4.79 Å². The third-order valence-corrected chi connectivity index (χ3v) is 3.79. The van der Waals surface area contributed by atoms with Crippen molar-refractivity contribution in [3.8, 4) is 0 Å². The molecule has 3 N–H and O–H groups in total. The van der Waals surface area contributed by atoms with Gasteiger partial charge >= 0.3 is 0 Å². The molecular weight excluding hydrogens is 398 g/mol. The Labute approximate surface area is 134 Å². The van der Waals surface area contributed by atoms with Gasteiger partial charge in [0.25, 0.3) is 5.91 Å². The lowest BCUT2D eigenvalue weighted by atomic mass is 10.2. The quantitative estimate of drug-likeness (QED) is 0.572. The smallest absolute Gasteiger partial charge is 0.255 e. The Hall–Kier alpha value is -0.980. The van der Waals surface area contributed by atoms with Crippen molar-refractivity contribution in [3.63, 3.8) is 0 Å². The van der Waals surface area contributed by atoms with E-state index in [-0.39, 0.29) is 21.6 Å². The van der Waals surface area contributed by atoms with Crippen LogP contribution in [0.5, 0.6) is 0 Å². The Balaban J connectivity index is 2.23. The zero-order chi connectivity index (χ0) is 14.0. The number of hydrogen-bond acceptors (Lipinski definition) is 2. The summed E-state index contributed by atoms with van der Waals surface area (Å²) in [6.07, 6.45) is 0. The third kappa shape index (κ3) is 3.52. The maximum absolute atomic E-state index is 12.0. The molecule has 6 heteroatoms. The van der Waals surface area contributed by atoms with E-state index in [1.807, 2.05) is 24.3 Å². The molecule has 2 aromatic rings. The number of amides is 1. The molecule has 0 aliphatic heterocycles. The molecule has 0 saturated heterocycles. The van der Waals surface area contributed by atoms with Crippen molar-refractivity contribution < 1.29 is 4.79 Å². The van der Waals surface area contributed by atoms with Crippen molar-refractivity contribution in [1.29, 1.82) is 0 Å². The van der Waals surface area contributed by atoms with Gasteiger partial charge in [0.15, 0.2) is 0 Å². The van der Waals surface area contributed by atoms with E-state index in [0.717, 1.165) is 3.57 Å². The van der Waals surface area contributed by atoms with Gasteiger partial charge in [0.05, 0.1) is 15.7 Å². The fourth-order valence-corrected chi connectivity index (χ4v) is 2.30. The second kappa shape index (κ2) is 5.98. The van der Waals surface area contributed by atoms with E-state index in [4.69, 9.17) is 28.9 Å². The van der Waals surface area contributed by atoms with Crippen LogP contribution >= 0.6 is 45.8 Å². The van der Waals surface area contributed by atoms with Crippen LogP contribution in [0.1, 0.15) is 10.4 Å². The predicted octanol–water partition coefficient (Wildman–Crippen LogP) is 4.43. The number of hydrogen-bond donors (Lipinski definition) is 2. The summed E-state index contributed by atoms with van der Waals surface area (Å²) in [5.74, 6) is -0.287. The molecule has 0 radical (unpaired) electrons. The van der Waals surface area contributed by atoms with E-state index >= 15 is 0 Å². The van der Waals surface area contributed by atoms with Gasteiger partial charge in [-0.2, -0.15) is 0 Å². The highest BCUT2D eigenvalue weighted by molar-refractivity contribution is 14.1. The first-order chi connectivity index (χ1) is 8.97. The fraction of sp³-hybridized carbons (Fsp3) is 0. The second-order valence-corrected chi connectivity index (χ2v) is 5.87. The van der Waals surface area contributed by atoms with Crippen molar-refractivity contribution in [3.05, 3.63) is 55.6 Å². The number of anilines is 2. The van der Waals surface area contributed by atoms with Crippen molar-refractivity contribution >= 4 is 63.1 Å². The Morgan fingerprint density at radius 3 is 2.16 bits per heavy atom. The highest BCUT2D eigenvalue weighted by atomic mass is 127. The first kappa shape index (κ1) is 14.4. The van der Waals surface area contributed by atoms with Crippen LogP contribution in [0.25, 0.3) is 0 Å². The molecular formula is C13H9Cl2IN2O. The van der Waals surface area contributed by atoms with Crippen LogP contribution in [-0.2, 0) is 0 Å². The molecule has 0 atom stereocenters. The summed E-state index contributed by atoms with van der Waals surface area (Å²) in [4.78, 5) is 12.0. The Bertz CT molecular complexity index is 606. The highest BCUT2D eigenvalue weighted by Crippen LogP contribution is 2.29. The van der Waals surface area contributed by atoms with E-state index in [9.17, 15) is 4.79 Å². The number of rotatable bonds is 2. The van der Waals surface area contributed by atoms with E-state index in [2.05, 4.69) is 27.9 Å². The molecule has 0 bridgehead atoms. The third-order valence-electron chi connectivity index (χ3n) is 2.44. The lowest BCUT2D eigenvalue weighted by Gasteiger charge is -2.08. The van der Waals surface area contributed by atoms with Crippen LogP contribution in [0.15, 0.2) is 36.4 Å². The summed E-state index contributed by atoms with van der Waals surface area (Å²) in [7, 11) is 0. The minimum Gasteiger partial charge on any atom is -0.396 e. The van der Waals surface area contributed by atoms with Crippen LogP contribution in [0.2, 0.25) is 10.0 Å². The molecule has 0 fully saturated rings. The monoisotopic (exact) mass is 406 g/mol. The number of carbonyl (C=O) groups is 1. The van der Waals surface area contributed by atoms with E-state index in [1.54, 1.807) is 0 Å². The van der Waals surface area contributed by atoms with Crippen LogP contribution in [0.4, 0.5) is 11.4 Å². The van der Waals surface area contributed by atoms with Crippen LogP contribution in [0, 0.1) is 3.57 Å². The summed E-state index contributed by atoms with van der Waals surface area (Å²) in [6.45, 7) is 0. The van der Waals surface area contributed by atoms with Crippen LogP contribution in [0.3, 0.4) is 0 Å². The molecule has 19 heavy (non-hydrogen) atoms. The Kier molecular flexibility index (Phi) is 4.54. The average Bonchev–Trinajstić information content (AvgIpc) is 2.38. The molecule has 0 spiro atoms. The topological polar surface area (TPSA) is 55.1 Å². The molecule has 0 aromatic heterocycles. The second-order valence-electron chi connectivity index (χ2n) is 3.81. The summed E-state index contributed by atoms with van der Waals surface area (Å²) in [5, 5.41) is 3.29. The van der Waals surface area contributed by atoms with Gasteiger partial charge in [0.1, 0.15) is 0 Å². The summed E-state index contributed by atoms with van der Waals surface area (Å²) >= 11 is 14.0. The maximum Gasteiger partial charge on any atom is 0.255 e. The number of nitrogen functional groups attached to an aromatic ring is 1. The van der Waals surface area contributed by atoms with Crippen molar-refractivity contribution in [2.24, 2.45) is 0 Å². The molecule has 2 rings (SSSR count). The van der Waals surface area contributed by atoms with E-state index in [0.29, 0.717) is 11.3 Å². The Morgan fingerprint density at radius 1 is 1.11 bits per heavy atom. The van der Waals surface area contributed by atoms with Crippen molar-refractivity contribution in [2.75, 3.05) is 11.1 Å². The zero-order valence-electron chi connectivity index (χ0n) is 9.58. The largest absolute Gasteiger partial charge is 0.396 e. The van der Waals surface area contributed by atoms with Gasteiger partial charge in [-0.05, 0) is 59.0 Å². The standard InChI is InChI=1S/C13H9Cl2IN2O/c14-10-5-7(6-11(15)12(10)17)13(19)18-9-3-1-8(16)2-4-9/h1-6H,17H2,(H,18,19). The lowest BCUT2D eigenvalue weighted by Crippen LogP contribution is -2.12. The minimum atomic E-state index is -0.287. The van der Waals surface area contributed by atoms with Gasteiger partial charge in [0.2, 0.25) is 0 Å². The maximum atomic E-state index is 12.0. The highest BCUT2D eigenvalue weighted by Gasteiger charge is 2.11. The normalized spacial score (nSPS) is 10.3. The van der Waals surface area contributed by atoms with Gasteiger partial charge in [0, 0.05) is 14.8 Å². The van der Waals surface area contributed by atoms with Gasteiger partial charge < -0.3 is 11.1 Å².